The van der Waals surface area contributed by atoms with Gasteiger partial charge in [0.05, 0.1) is 12.3 Å². The first kappa shape index (κ1) is 13.2. The first-order chi connectivity index (χ1) is 8.75. The van der Waals surface area contributed by atoms with Gasteiger partial charge < -0.3 is 15.4 Å². The molecule has 2 rings (SSSR count). The smallest absolute Gasteiger partial charge is 0.142 e. The van der Waals surface area contributed by atoms with E-state index in [1.54, 1.807) is 0 Å². The summed E-state index contributed by atoms with van der Waals surface area (Å²) in [5.41, 5.74) is 1.12. The second-order valence-electron chi connectivity index (χ2n) is 5.39. The van der Waals surface area contributed by atoms with E-state index in [0.29, 0.717) is 12.0 Å². The normalized spacial score (nSPS) is 19.8. The van der Waals surface area contributed by atoms with E-state index in [0.717, 1.165) is 31.1 Å². The first-order valence-electron chi connectivity index (χ1n) is 6.95. The number of hydrogen-bond acceptors (Lipinski definition) is 3. The second kappa shape index (κ2) is 6.64. The standard InChI is InChI=1S/C15H24N2O/c1-12(2)11-18-15-8-4-3-7-14(15)17-13-6-5-9-16-10-13/h3-4,7-8,12-13,16-17H,5-6,9-11H2,1-2H3. The van der Waals surface area contributed by atoms with E-state index < -0.39 is 0 Å². The Balaban J connectivity index is 1.97. The zero-order chi connectivity index (χ0) is 12.8. The maximum atomic E-state index is 5.86. The van der Waals surface area contributed by atoms with Crippen LogP contribution >= 0.6 is 0 Å². The minimum absolute atomic E-state index is 0.516. The minimum Gasteiger partial charge on any atom is -0.491 e. The Morgan fingerprint density at radius 2 is 2.22 bits per heavy atom. The number of ether oxygens (including phenoxy) is 1. The molecule has 1 aromatic carbocycles. The number of rotatable bonds is 5. The van der Waals surface area contributed by atoms with Crippen LogP contribution in [-0.2, 0) is 0 Å². The highest BCUT2D eigenvalue weighted by Gasteiger charge is 2.14. The lowest BCUT2D eigenvalue weighted by Crippen LogP contribution is -2.38. The molecule has 0 aromatic heterocycles. The highest BCUT2D eigenvalue weighted by atomic mass is 16.5. The molecule has 1 aromatic rings. The van der Waals surface area contributed by atoms with Crippen molar-refractivity contribution in [2.75, 3.05) is 25.0 Å². The van der Waals surface area contributed by atoms with Gasteiger partial charge in [0.25, 0.3) is 0 Å². The van der Waals surface area contributed by atoms with Gasteiger partial charge in [0.2, 0.25) is 0 Å². The van der Waals surface area contributed by atoms with Gasteiger partial charge >= 0.3 is 0 Å². The Labute approximate surface area is 110 Å². The molecule has 0 radical (unpaired) electrons. The predicted octanol–water partition coefficient (Wildman–Crippen LogP) is 2.89. The fourth-order valence-corrected chi connectivity index (χ4v) is 2.16. The minimum atomic E-state index is 0.516. The molecule has 0 saturated carbocycles. The average Bonchev–Trinajstić information content (AvgIpc) is 2.39. The SMILES string of the molecule is CC(C)COc1ccccc1NC1CCCNC1. The van der Waals surface area contributed by atoms with E-state index >= 15 is 0 Å². The van der Waals surface area contributed by atoms with Gasteiger partial charge in [-0.3, -0.25) is 0 Å². The summed E-state index contributed by atoms with van der Waals surface area (Å²) in [6.45, 7) is 7.28. The van der Waals surface area contributed by atoms with Crippen molar-refractivity contribution in [3.63, 3.8) is 0 Å². The van der Waals surface area contributed by atoms with Crippen LogP contribution in [0.2, 0.25) is 0 Å². The number of benzene rings is 1. The maximum absolute atomic E-state index is 5.86. The molecule has 0 aliphatic carbocycles. The number of hydrogen-bond donors (Lipinski definition) is 2. The highest BCUT2D eigenvalue weighted by molar-refractivity contribution is 5.56. The molecular weight excluding hydrogens is 224 g/mol. The molecule has 18 heavy (non-hydrogen) atoms. The molecule has 1 aliphatic rings. The fraction of sp³-hybridized carbons (Fsp3) is 0.600. The molecule has 1 aliphatic heterocycles. The summed E-state index contributed by atoms with van der Waals surface area (Å²) in [4.78, 5) is 0. The summed E-state index contributed by atoms with van der Waals surface area (Å²) < 4.78 is 5.86. The van der Waals surface area contributed by atoms with E-state index in [1.807, 2.05) is 12.1 Å². The molecule has 3 nitrogen and oxygen atoms in total. The molecule has 1 fully saturated rings. The summed E-state index contributed by atoms with van der Waals surface area (Å²) in [6.07, 6.45) is 2.47. The van der Waals surface area contributed by atoms with Gasteiger partial charge in [-0.15, -0.1) is 0 Å². The van der Waals surface area contributed by atoms with Gasteiger partial charge in [-0.2, -0.15) is 0 Å². The van der Waals surface area contributed by atoms with Gasteiger partial charge in [-0.1, -0.05) is 26.0 Å². The Morgan fingerprint density at radius 3 is 2.94 bits per heavy atom. The Kier molecular flexibility index (Phi) is 4.88. The van der Waals surface area contributed by atoms with Crippen molar-refractivity contribution in [3.8, 4) is 5.75 Å². The molecule has 100 valence electrons. The van der Waals surface area contributed by atoms with Crippen LogP contribution in [0.15, 0.2) is 24.3 Å². The summed E-state index contributed by atoms with van der Waals surface area (Å²) in [5.74, 6) is 1.52. The van der Waals surface area contributed by atoms with Gasteiger partial charge in [0, 0.05) is 12.6 Å². The molecule has 0 bridgehead atoms. The molecule has 1 saturated heterocycles. The third-order valence-electron chi connectivity index (χ3n) is 3.12. The quantitative estimate of drug-likeness (QED) is 0.840. The van der Waals surface area contributed by atoms with Gasteiger partial charge in [-0.25, -0.2) is 0 Å². The van der Waals surface area contributed by atoms with Crippen LogP contribution in [0.5, 0.6) is 5.75 Å². The van der Waals surface area contributed by atoms with Crippen molar-refractivity contribution in [1.82, 2.24) is 5.32 Å². The van der Waals surface area contributed by atoms with Crippen molar-refractivity contribution in [1.29, 1.82) is 0 Å². The Bertz CT molecular complexity index is 359. The lowest BCUT2D eigenvalue weighted by atomic mass is 10.1. The van der Waals surface area contributed by atoms with Gasteiger partial charge in [0.1, 0.15) is 5.75 Å². The van der Waals surface area contributed by atoms with E-state index in [9.17, 15) is 0 Å². The molecule has 1 unspecified atom stereocenters. The van der Waals surface area contributed by atoms with E-state index in [4.69, 9.17) is 4.74 Å². The maximum Gasteiger partial charge on any atom is 0.142 e. The summed E-state index contributed by atoms with van der Waals surface area (Å²) >= 11 is 0. The van der Waals surface area contributed by atoms with Crippen molar-refractivity contribution in [3.05, 3.63) is 24.3 Å². The van der Waals surface area contributed by atoms with Gasteiger partial charge in [-0.05, 0) is 37.4 Å². The summed E-state index contributed by atoms with van der Waals surface area (Å²) in [7, 11) is 0. The molecule has 1 atom stereocenters. The van der Waals surface area contributed by atoms with Crippen LogP contribution in [0.3, 0.4) is 0 Å². The van der Waals surface area contributed by atoms with Crippen molar-refractivity contribution >= 4 is 5.69 Å². The van der Waals surface area contributed by atoms with E-state index in [1.165, 1.54) is 12.8 Å². The molecule has 2 N–H and O–H groups in total. The topological polar surface area (TPSA) is 33.3 Å². The third-order valence-corrected chi connectivity index (χ3v) is 3.12. The number of para-hydroxylation sites is 2. The highest BCUT2D eigenvalue weighted by Crippen LogP contribution is 2.25. The Morgan fingerprint density at radius 1 is 1.39 bits per heavy atom. The fourth-order valence-electron chi connectivity index (χ4n) is 2.16. The van der Waals surface area contributed by atoms with Crippen molar-refractivity contribution < 1.29 is 4.74 Å². The van der Waals surface area contributed by atoms with Crippen LogP contribution in [0.1, 0.15) is 26.7 Å². The zero-order valence-corrected chi connectivity index (χ0v) is 11.4. The first-order valence-corrected chi connectivity index (χ1v) is 6.95. The monoisotopic (exact) mass is 248 g/mol. The number of piperidine rings is 1. The van der Waals surface area contributed by atoms with Crippen molar-refractivity contribution in [2.45, 2.75) is 32.7 Å². The largest absolute Gasteiger partial charge is 0.491 e. The third kappa shape index (κ3) is 3.91. The molecule has 1 heterocycles. The zero-order valence-electron chi connectivity index (χ0n) is 11.4. The number of anilines is 1. The van der Waals surface area contributed by atoms with Crippen molar-refractivity contribution in [2.24, 2.45) is 5.92 Å². The van der Waals surface area contributed by atoms with Crippen LogP contribution in [0, 0.1) is 5.92 Å². The van der Waals surface area contributed by atoms with E-state index in [2.05, 4.69) is 36.6 Å². The van der Waals surface area contributed by atoms with Crippen LogP contribution in [0.25, 0.3) is 0 Å². The second-order valence-corrected chi connectivity index (χ2v) is 5.39. The Hall–Kier alpha value is -1.22. The van der Waals surface area contributed by atoms with E-state index in [-0.39, 0.29) is 0 Å². The molecule has 0 spiro atoms. The molecule has 0 amide bonds. The van der Waals surface area contributed by atoms with Crippen LogP contribution in [-0.4, -0.2) is 25.7 Å². The lowest BCUT2D eigenvalue weighted by Gasteiger charge is -2.26. The molecular formula is C15H24N2O. The number of nitrogens with one attached hydrogen (secondary N) is 2. The van der Waals surface area contributed by atoms with Crippen LogP contribution in [0.4, 0.5) is 5.69 Å². The molecule has 3 heteroatoms. The van der Waals surface area contributed by atoms with Crippen LogP contribution < -0.4 is 15.4 Å². The predicted molar refractivity (Wildman–Crippen MR) is 76.3 cm³/mol. The summed E-state index contributed by atoms with van der Waals surface area (Å²) in [5, 5.41) is 7.01. The van der Waals surface area contributed by atoms with Gasteiger partial charge in [0.15, 0.2) is 0 Å². The lowest BCUT2D eigenvalue weighted by molar-refractivity contribution is 0.272. The summed E-state index contributed by atoms with van der Waals surface area (Å²) in [6, 6.07) is 8.74. The average molecular weight is 248 g/mol.